The van der Waals surface area contributed by atoms with Crippen LogP contribution in [0.4, 0.5) is 39.5 Å². The molecule has 25 heavy (non-hydrogen) atoms. The van der Waals surface area contributed by atoms with E-state index >= 15 is 0 Å². The van der Waals surface area contributed by atoms with E-state index in [0.717, 1.165) is 0 Å². The molecule has 0 spiro atoms. The molecule has 2 unspecified atom stereocenters. The van der Waals surface area contributed by atoms with Crippen molar-refractivity contribution in [2.45, 2.75) is 36.8 Å². The fourth-order valence-electron chi connectivity index (χ4n) is 1.68. The monoisotopic (exact) mass is 398 g/mol. The summed E-state index contributed by atoms with van der Waals surface area (Å²) in [5.74, 6) is -12.9. The first-order chi connectivity index (χ1) is 11.3. The highest BCUT2D eigenvalue weighted by Gasteiger charge is 2.72. The predicted octanol–water partition coefficient (Wildman–Crippen LogP) is 5.46. The van der Waals surface area contributed by atoms with E-state index in [9.17, 15) is 44.3 Å². The lowest BCUT2D eigenvalue weighted by Gasteiger charge is -2.31. The Morgan fingerprint density at radius 3 is 1.92 bits per heavy atom. The molecule has 1 nitrogen and oxygen atoms in total. The SMILES string of the molecule is O=C(SCCC(F)C(F)(F)C(F)(F)C(F)C(F)(F)F)c1ccccc1. The third-order valence-electron chi connectivity index (χ3n) is 3.06. The summed E-state index contributed by atoms with van der Waals surface area (Å²) in [6, 6.07) is 7.28. The molecule has 0 radical (unpaired) electrons. The van der Waals surface area contributed by atoms with Crippen LogP contribution < -0.4 is 0 Å². The van der Waals surface area contributed by atoms with Gasteiger partial charge in [-0.25, -0.2) is 8.78 Å². The van der Waals surface area contributed by atoms with Crippen molar-refractivity contribution in [3.05, 3.63) is 35.9 Å². The van der Waals surface area contributed by atoms with Crippen molar-refractivity contribution in [1.29, 1.82) is 0 Å². The van der Waals surface area contributed by atoms with Crippen molar-refractivity contribution in [3.8, 4) is 0 Å². The molecule has 2 atom stereocenters. The highest BCUT2D eigenvalue weighted by atomic mass is 32.2. The fourth-order valence-corrected chi connectivity index (χ4v) is 2.49. The van der Waals surface area contributed by atoms with Crippen LogP contribution in [0.1, 0.15) is 16.8 Å². The maximum atomic E-state index is 13.4. The number of thioether (sulfide) groups is 1. The van der Waals surface area contributed by atoms with E-state index in [4.69, 9.17) is 0 Å². The van der Waals surface area contributed by atoms with Gasteiger partial charge in [-0.05, 0) is 6.42 Å². The number of carbonyl (C=O) groups is 1. The summed E-state index contributed by atoms with van der Waals surface area (Å²) in [6.45, 7) is 0. The van der Waals surface area contributed by atoms with E-state index in [2.05, 4.69) is 0 Å². The largest absolute Gasteiger partial charge is 0.425 e. The second-order valence-electron chi connectivity index (χ2n) is 4.91. The van der Waals surface area contributed by atoms with E-state index in [1.807, 2.05) is 0 Å². The lowest BCUT2D eigenvalue weighted by atomic mass is 10.0. The van der Waals surface area contributed by atoms with Gasteiger partial charge in [-0.2, -0.15) is 30.7 Å². The van der Waals surface area contributed by atoms with Gasteiger partial charge < -0.3 is 0 Å². The minimum Gasteiger partial charge on any atom is -0.282 e. The van der Waals surface area contributed by atoms with E-state index in [-0.39, 0.29) is 5.56 Å². The highest BCUT2D eigenvalue weighted by Crippen LogP contribution is 2.47. The number of halogens is 9. The zero-order chi connectivity index (χ0) is 19.5. The zero-order valence-corrected chi connectivity index (χ0v) is 13.0. The topological polar surface area (TPSA) is 17.1 Å². The first-order valence-corrected chi connectivity index (χ1v) is 7.63. The Morgan fingerprint density at radius 1 is 0.920 bits per heavy atom. The van der Waals surface area contributed by atoms with E-state index in [1.165, 1.54) is 24.3 Å². The molecule has 0 fully saturated rings. The molecule has 0 saturated carbocycles. The van der Waals surface area contributed by atoms with Crippen LogP contribution in [0.15, 0.2) is 30.3 Å². The molecule has 0 aliphatic heterocycles. The van der Waals surface area contributed by atoms with Crippen LogP contribution in [-0.4, -0.2) is 41.2 Å². The average molecular weight is 398 g/mol. The van der Waals surface area contributed by atoms with Gasteiger partial charge in [0.2, 0.25) is 5.12 Å². The van der Waals surface area contributed by atoms with Crippen LogP contribution in [0.5, 0.6) is 0 Å². The van der Waals surface area contributed by atoms with Crippen LogP contribution in [0.25, 0.3) is 0 Å². The van der Waals surface area contributed by atoms with Gasteiger partial charge in [0.15, 0.2) is 6.17 Å². The van der Waals surface area contributed by atoms with Crippen LogP contribution >= 0.6 is 11.8 Å². The molecule has 0 amide bonds. The third kappa shape index (κ3) is 5.05. The molecular weight excluding hydrogens is 387 g/mol. The van der Waals surface area contributed by atoms with Crippen LogP contribution in [0.3, 0.4) is 0 Å². The second kappa shape index (κ2) is 7.88. The van der Waals surface area contributed by atoms with Crippen molar-refractivity contribution >= 4 is 16.9 Å². The number of rotatable bonds is 7. The van der Waals surface area contributed by atoms with Crippen molar-refractivity contribution in [3.63, 3.8) is 0 Å². The van der Waals surface area contributed by atoms with Crippen molar-refractivity contribution in [2.24, 2.45) is 0 Å². The summed E-state index contributed by atoms with van der Waals surface area (Å²) in [5.41, 5.74) is 0.140. The minimum absolute atomic E-state index is 0.140. The van der Waals surface area contributed by atoms with Gasteiger partial charge in [0, 0.05) is 11.3 Å². The number of hydrogen-bond donors (Lipinski definition) is 0. The minimum atomic E-state index is -6.28. The Bertz CT molecular complexity index is 573. The lowest BCUT2D eigenvalue weighted by molar-refractivity contribution is -0.318. The number of benzene rings is 1. The normalized spacial score (nSPS) is 15.7. The Kier molecular flexibility index (Phi) is 6.82. The van der Waals surface area contributed by atoms with E-state index in [1.54, 1.807) is 6.07 Å². The van der Waals surface area contributed by atoms with Gasteiger partial charge in [-0.1, -0.05) is 42.1 Å². The summed E-state index contributed by atoms with van der Waals surface area (Å²) >= 11 is 0.325. The van der Waals surface area contributed by atoms with Crippen LogP contribution in [-0.2, 0) is 0 Å². The molecule has 1 aromatic rings. The Hall–Kier alpha value is -1.39. The van der Waals surface area contributed by atoms with E-state index < -0.39 is 47.7 Å². The van der Waals surface area contributed by atoms with Gasteiger partial charge in [-0.15, -0.1) is 0 Å². The first-order valence-electron chi connectivity index (χ1n) is 6.64. The molecule has 0 bridgehead atoms. The predicted molar refractivity (Wildman–Crippen MR) is 73.6 cm³/mol. The molecule has 0 saturated heterocycles. The average Bonchev–Trinajstić information content (AvgIpc) is 2.53. The van der Waals surface area contributed by atoms with Gasteiger partial charge in [0.25, 0.3) is 6.17 Å². The second-order valence-corrected chi connectivity index (χ2v) is 5.98. The molecule has 1 aromatic carbocycles. The van der Waals surface area contributed by atoms with Gasteiger partial charge >= 0.3 is 18.0 Å². The number of alkyl halides is 9. The van der Waals surface area contributed by atoms with Crippen LogP contribution in [0.2, 0.25) is 0 Å². The maximum Gasteiger partial charge on any atom is 0.425 e. The zero-order valence-electron chi connectivity index (χ0n) is 12.2. The number of carbonyl (C=O) groups excluding carboxylic acids is 1. The molecule has 0 aliphatic rings. The molecule has 0 aromatic heterocycles. The Morgan fingerprint density at radius 2 is 1.44 bits per heavy atom. The van der Waals surface area contributed by atoms with Gasteiger partial charge in [0.05, 0.1) is 0 Å². The van der Waals surface area contributed by atoms with E-state index in [0.29, 0.717) is 11.8 Å². The molecule has 0 N–H and O–H groups in total. The molecule has 0 heterocycles. The van der Waals surface area contributed by atoms with Gasteiger partial charge in [0.1, 0.15) is 0 Å². The summed E-state index contributed by atoms with van der Waals surface area (Å²) < 4.78 is 114. The number of hydrogen-bond acceptors (Lipinski definition) is 2. The highest BCUT2D eigenvalue weighted by molar-refractivity contribution is 8.14. The Labute approximate surface area is 140 Å². The van der Waals surface area contributed by atoms with Crippen molar-refractivity contribution in [1.82, 2.24) is 0 Å². The molecular formula is C14H11F9OS. The molecule has 0 aliphatic carbocycles. The van der Waals surface area contributed by atoms with Crippen molar-refractivity contribution in [2.75, 3.05) is 5.75 Å². The maximum absolute atomic E-state index is 13.4. The first kappa shape index (κ1) is 21.7. The third-order valence-corrected chi connectivity index (χ3v) is 4.00. The standard InChI is InChI=1S/C14H11F9OS/c15-9(6-7-25-10(24)8-4-2-1-3-5-8)12(17,18)13(19,20)11(16)14(21,22)23/h1-5,9,11H,6-7H2. The molecule has 11 heteroatoms. The smallest absolute Gasteiger partial charge is 0.282 e. The Balaban J connectivity index is 2.68. The fraction of sp³-hybridized carbons (Fsp3) is 0.500. The molecule has 142 valence electrons. The van der Waals surface area contributed by atoms with Gasteiger partial charge in [-0.3, -0.25) is 4.79 Å². The summed E-state index contributed by atoms with van der Waals surface area (Å²) in [6.07, 6.45) is -16.6. The van der Waals surface area contributed by atoms with Crippen LogP contribution in [0, 0.1) is 0 Å². The summed E-state index contributed by atoms with van der Waals surface area (Å²) in [4.78, 5) is 11.6. The van der Waals surface area contributed by atoms with Crippen molar-refractivity contribution < 1.29 is 44.3 Å². The summed E-state index contributed by atoms with van der Waals surface area (Å²) in [7, 11) is 0. The molecule has 1 rings (SSSR count). The summed E-state index contributed by atoms with van der Waals surface area (Å²) in [5, 5.41) is -0.665. The lowest BCUT2D eigenvalue weighted by Crippen LogP contribution is -2.57. The quantitative estimate of drug-likeness (QED) is 0.568.